The number of likely N-dealkylation sites (N-methyl/N-ethyl adjacent to an activating group) is 1. The van der Waals surface area contributed by atoms with Crippen LogP contribution in [-0.2, 0) is 10.9 Å². The van der Waals surface area contributed by atoms with Gasteiger partial charge in [0.15, 0.2) is 0 Å². The van der Waals surface area contributed by atoms with Crippen LogP contribution in [0.15, 0.2) is 84.9 Å². The molecule has 0 saturated heterocycles. The van der Waals surface area contributed by atoms with Crippen LogP contribution in [0.5, 0.6) is 5.75 Å². The Morgan fingerprint density at radius 3 is 2.38 bits per heavy atom. The number of aliphatic hydroxyl groups is 1. The van der Waals surface area contributed by atoms with Gasteiger partial charge in [-0.15, -0.1) is 0 Å². The Bertz CT molecular complexity index is 1940. The highest BCUT2D eigenvalue weighted by molar-refractivity contribution is 6.07. The summed E-state index contributed by atoms with van der Waals surface area (Å²) in [6.45, 7) is 5.80. The maximum atomic E-state index is 14.5. The number of anilines is 3. The zero-order valence-electron chi connectivity index (χ0n) is 31.4. The molecule has 0 radical (unpaired) electrons. The molecular formula is C41H48F3N5O6. The van der Waals surface area contributed by atoms with Crippen LogP contribution >= 0.6 is 0 Å². The molecule has 0 bridgehead atoms. The van der Waals surface area contributed by atoms with E-state index in [1.165, 1.54) is 21.9 Å². The molecule has 294 valence electrons. The Hall–Kier alpha value is -5.34. The van der Waals surface area contributed by atoms with E-state index in [2.05, 4.69) is 16.0 Å². The number of ether oxygens (including phenoxy) is 2. The molecule has 0 spiro atoms. The van der Waals surface area contributed by atoms with Crippen LogP contribution in [0.3, 0.4) is 0 Å². The average molecular weight is 764 g/mol. The van der Waals surface area contributed by atoms with Crippen molar-refractivity contribution in [2.45, 2.75) is 64.5 Å². The van der Waals surface area contributed by atoms with Gasteiger partial charge in [0, 0.05) is 49.4 Å². The Balaban J connectivity index is 1.35. The van der Waals surface area contributed by atoms with Crippen molar-refractivity contribution in [2.75, 3.05) is 49.3 Å². The standard InChI is InChI=1S/C41H48F3N5O6/c1-26-23-49(27(2)25-50)38(51)34-22-32(45-39(52)47-35-14-9-12-29-11-5-6-13-33(29)35)19-20-36(34)55-28(3)10-7-8-21-54-37(26)24-48(4)40(53)46-31-17-15-30(16-18-31)41(42,43)44/h5-6,9,11-20,22,26-28,37,50H,7-8,10,21,23-25H2,1-4H3,(H,46,53)(H2,45,47,52)/t26-,27-,28+,37+/m0/s1. The van der Waals surface area contributed by atoms with E-state index in [4.69, 9.17) is 9.47 Å². The fourth-order valence-corrected chi connectivity index (χ4v) is 6.40. The molecule has 11 nitrogen and oxygen atoms in total. The number of aliphatic hydroxyl groups excluding tert-OH is 1. The topological polar surface area (TPSA) is 132 Å². The Morgan fingerprint density at radius 2 is 1.65 bits per heavy atom. The predicted molar refractivity (Wildman–Crippen MR) is 207 cm³/mol. The highest BCUT2D eigenvalue weighted by Gasteiger charge is 2.32. The average Bonchev–Trinajstić information content (AvgIpc) is 3.15. The summed E-state index contributed by atoms with van der Waals surface area (Å²) >= 11 is 0. The summed E-state index contributed by atoms with van der Waals surface area (Å²) in [5.74, 6) is -0.443. The first-order valence-corrected chi connectivity index (χ1v) is 18.3. The summed E-state index contributed by atoms with van der Waals surface area (Å²) in [7, 11) is 1.56. The molecule has 5 amide bonds. The van der Waals surface area contributed by atoms with E-state index in [1.54, 1.807) is 38.2 Å². The van der Waals surface area contributed by atoms with Crippen LogP contribution in [0.25, 0.3) is 10.8 Å². The number of benzene rings is 4. The normalized spacial score (nSPS) is 19.0. The Labute approximate surface area is 318 Å². The second-order valence-electron chi connectivity index (χ2n) is 14.0. The molecule has 1 aliphatic heterocycles. The number of hydrogen-bond acceptors (Lipinski definition) is 6. The maximum absolute atomic E-state index is 14.5. The highest BCUT2D eigenvalue weighted by atomic mass is 19.4. The molecule has 0 saturated carbocycles. The van der Waals surface area contributed by atoms with E-state index in [1.807, 2.05) is 50.2 Å². The van der Waals surface area contributed by atoms with Crippen molar-refractivity contribution in [2.24, 2.45) is 5.92 Å². The lowest BCUT2D eigenvalue weighted by molar-refractivity contribution is -0.137. The van der Waals surface area contributed by atoms with Gasteiger partial charge in [0.2, 0.25) is 0 Å². The van der Waals surface area contributed by atoms with Crippen molar-refractivity contribution in [3.63, 3.8) is 0 Å². The van der Waals surface area contributed by atoms with Crippen molar-refractivity contribution >= 4 is 45.8 Å². The van der Waals surface area contributed by atoms with Crippen molar-refractivity contribution < 1.29 is 42.1 Å². The number of fused-ring (bicyclic) bond motifs is 2. The van der Waals surface area contributed by atoms with Crippen molar-refractivity contribution in [3.8, 4) is 5.75 Å². The number of urea groups is 2. The number of hydrogen-bond donors (Lipinski definition) is 4. The molecule has 4 aromatic carbocycles. The first-order valence-electron chi connectivity index (χ1n) is 18.3. The minimum atomic E-state index is -4.50. The van der Waals surface area contributed by atoms with Gasteiger partial charge in [0.05, 0.1) is 41.7 Å². The van der Waals surface area contributed by atoms with Crippen LogP contribution < -0.4 is 20.7 Å². The number of nitrogens with zero attached hydrogens (tertiary/aromatic N) is 2. The Morgan fingerprint density at radius 1 is 0.945 bits per heavy atom. The fourth-order valence-electron chi connectivity index (χ4n) is 6.40. The van der Waals surface area contributed by atoms with Gasteiger partial charge in [0.25, 0.3) is 5.91 Å². The lowest BCUT2D eigenvalue weighted by atomic mass is 10.0. The van der Waals surface area contributed by atoms with Crippen LogP contribution in [0.2, 0.25) is 0 Å². The highest BCUT2D eigenvalue weighted by Crippen LogP contribution is 2.31. The van der Waals surface area contributed by atoms with Crippen LogP contribution in [0.4, 0.5) is 39.8 Å². The molecule has 0 aromatic heterocycles. The van der Waals surface area contributed by atoms with E-state index in [9.17, 15) is 32.7 Å². The number of carbonyl (C=O) groups is 3. The summed E-state index contributed by atoms with van der Waals surface area (Å²) in [6, 6.07) is 20.7. The van der Waals surface area contributed by atoms with E-state index in [-0.39, 0.29) is 43.0 Å². The molecule has 0 fully saturated rings. The summed E-state index contributed by atoms with van der Waals surface area (Å²) in [4.78, 5) is 43.8. The summed E-state index contributed by atoms with van der Waals surface area (Å²) < 4.78 is 51.7. The number of carbonyl (C=O) groups excluding carboxylic acids is 3. The summed E-state index contributed by atoms with van der Waals surface area (Å²) in [5.41, 5.74) is 0.556. The molecule has 55 heavy (non-hydrogen) atoms. The number of amides is 5. The monoisotopic (exact) mass is 763 g/mol. The molecule has 1 heterocycles. The molecule has 5 rings (SSSR count). The predicted octanol–water partition coefficient (Wildman–Crippen LogP) is 8.46. The van der Waals surface area contributed by atoms with Gasteiger partial charge in [-0.2, -0.15) is 13.2 Å². The van der Waals surface area contributed by atoms with Crippen LogP contribution in [0, 0.1) is 5.92 Å². The first-order chi connectivity index (χ1) is 26.2. The van der Waals surface area contributed by atoms with Gasteiger partial charge in [0.1, 0.15) is 5.75 Å². The quantitative estimate of drug-likeness (QED) is 0.149. The van der Waals surface area contributed by atoms with Gasteiger partial charge in [-0.3, -0.25) is 4.79 Å². The smallest absolute Gasteiger partial charge is 0.416 e. The zero-order valence-corrected chi connectivity index (χ0v) is 31.4. The third kappa shape index (κ3) is 10.9. The molecule has 0 aliphatic carbocycles. The molecule has 1 aliphatic rings. The lowest BCUT2D eigenvalue weighted by Crippen LogP contribution is -2.48. The van der Waals surface area contributed by atoms with Crippen LogP contribution in [0.1, 0.15) is 56.0 Å². The van der Waals surface area contributed by atoms with Gasteiger partial charge in [-0.1, -0.05) is 43.3 Å². The van der Waals surface area contributed by atoms with E-state index in [0.717, 1.165) is 29.3 Å². The fraction of sp³-hybridized carbons (Fsp3) is 0.390. The number of halogens is 3. The largest absolute Gasteiger partial charge is 0.490 e. The van der Waals surface area contributed by atoms with E-state index < -0.39 is 41.9 Å². The molecule has 4 N–H and O–H groups in total. The molecule has 4 aromatic rings. The SMILES string of the molecule is C[C@@H]1CCCCO[C@H](CN(C)C(=O)Nc2ccc(C(F)(F)F)cc2)[C@@H](C)CN([C@@H](C)CO)C(=O)c2cc(NC(=O)Nc3cccc4ccccc34)ccc2O1. The first kappa shape index (κ1) is 40.8. The van der Waals surface area contributed by atoms with Crippen molar-refractivity contribution in [3.05, 3.63) is 96.1 Å². The van der Waals surface area contributed by atoms with Gasteiger partial charge < -0.3 is 40.3 Å². The molecule has 4 atom stereocenters. The van der Waals surface area contributed by atoms with Crippen molar-refractivity contribution in [1.29, 1.82) is 0 Å². The van der Waals surface area contributed by atoms with Crippen LogP contribution in [-0.4, -0.2) is 84.5 Å². The summed E-state index contributed by atoms with van der Waals surface area (Å²) in [5, 5.41) is 20.5. The number of nitrogens with one attached hydrogen (secondary N) is 3. The molecule has 0 unspecified atom stereocenters. The zero-order chi connectivity index (χ0) is 39.7. The van der Waals surface area contributed by atoms with Gasteiger partial charge in [-0.05, 0) is 87.0 Å². The number of rotatable bonds is 7. The van der Waals surface area contributed by atoms with E-state index in [0.29, 0.717) is 36.6 Å². The third-order valence-corrected chi connectivity index (χ3v) is 9.61. The third-order valence-electron chi connectivity index (χ3n) is 9.61. The molecule has 14 heteroatoms. The second-order valence-corrected chi connectivity index (χ2v) is 14.0. The minimum Gasteiger partial charge on any atom is -0.490 e. The minimum absolute atomic E-state index is 0.110. The number of alkyl halides is 3. The van der Waals surface area contributed by atoms with E-state index >= 15 is 0 Å². The molecular weight excluding hydrogens is 715 g/mol. The lowest BCUT2D eigenvalue weighted by Gasteiger charge is -2.35. The summed E-state index contributed by atoms with van der Waals surface area (Å²) in [6.07, 6.45) is -3.18. The van der Waals surface area contributed by atoms with Crippen molar-refractivity contribution in [1.82, 2.24) is 9.80 Å². The Kier molecular flexibility index (Phi) is 13.6. The maximum Gasteiger partial charge on any atom is 0.416 e. The van der Waals surface area contributed by atoms with Gasteiger partial charge in [-0.25, -0.2) is 9.59 Å². The second kappa shape index (κ2) is 18.3. The van der Waals surface area contributed by atoms with Gasteiger partial charge >= 0.3 is 18.2 Å².